The van der Waals surface area contributed by atoms with Gasteiger partial charge in [-0.3, -0.25) is 19.5 Å². The van der Waals surface area contributed by atoms with Crippen molar-refractivity contribution in [3.05, 3.63) is 76.0 Å². The molecule has 4 aromatic rings. The minimum absolute atomic E-state index is 0.0692. The number of hydrogen-bond acceptors (Lipinski definition) is 11. The number of imide groups is 1. The number of para-hydroxylation sites is 1. The average molecular weight is 820 g/mol. The van der Waals surface area contributed by atoms with Gasteiger partial charge in [0.2, 0.25) is 17.8 Å². The molecule has 14 nitrogen and oxygen atoms in total. The molecule has 2 amide bonds. The van der Waals surface area contributed by atoms with Gasteiger partial charge in [-0.15, -0.1) is 0 Å². The molecule has 2 unspecified atom stereocenters. The Bertz CT molecular complexity index is 2290. The molecule has 2 atom stereocenters. The fourth-order valence-corrected chi connectivity index (χ4v) is 10.0. The predicted octanol–water partition coefficient (Wildman–Crippen LogP) is 4.95. The van der Waals surface area contributed by atoms with E-state index >= 15 is 0 Å². The van der Waals surface area contributed by atoms with E-state index in [0.717, 1.165) is 82.1 Å². The minimum atomic E-state index is -4.50. The van der Waals surface area contributed by atoms with Crippen molar-refractivity contribution in [2.24, 2.45) is 5.92 Å². The summed E-state index contributed by atoms with van der Waals surface area (Å²) in [6.45, 7) is 5.35. The number of amides is 2. The third-order valence-electron chi connectivity index (χ3n) is 12.0. The van der Waals surface area contributed by atoms with E-state index in [1.54, 1.807) is 18.2 Å². The molecule has 2 aromatic heterocycles. The van der Waals surface area contributed by atoms with E-state index in [4.69, 9.17) is 4.42 Å². The van der Waals surface area contributed by atoms with E-state index in [9.17, 15) is 37.0 Å². The van der Waals surface area contributed by atoms with Gasteiger partial charge in [0.05, 0.1) is 27.2 Å². The largest absolute Gasteiger partial charge is 0.420 e. The number of hydrogen-bond donors (Lipinski definition) is 2. The Morgan fingerprint density at radius 3 is 2.33 bits per heavy atom. The quantitative estimate of drug-likeness (QED) is 0.219. The van der Waals surface area contributed by atoms with Crippen molar-refractivity contribution in [3.8, 4) is 6.07 Å². The smallest absolute Gasteiger partial charge is 0.407 e. The van der Waals surface area contributed by atoms with Gasteiger partial charge in [-0.1, -0.05) is 12.1 Å². The minimum Gasteiger partial charge on any atom is -0.407 e. The van der Waals surface area contributed by atoms with Crippen molar-refractivity contribution in [2.75, 3.05) is 56.0 Å². The number of halogens is 3. The molecule has 4 fully saturated rings. The Morgan fingerprint density at radius 1 is 0.931 bits per heavy atom. The van der Waals surface area contributed by atoms with E-state index in [1.165, 1.54) is 4.57 Å². The summed E-state index contributed by atoms with van der Waals surface area (Å²) in [6, 6.07) is 12.5. The first-order chi connectivity index (χ1) is 27.9. The SMILES string of the molecule is N#Cc1ccc(S(=O)N2CCC(Nc3ncc(C(F)(F)F)cn3)CC2)cc1N1CCC(CN2CCC(c3cccc4c3oc(=O)n4C3CCC(=O)NC3=O)CC2)CC1. The summed E-state index contributed by atoms with van der Waals surface area (Å²) in [5.41, 5.74) is 2.48. The lowest BCUT2D eigenvalue weighted by Crippen LogP contribution is -2.43. The van der Waals surface area contributed by atoms with E-state index in [0.29, 0.717) is 53.4 Å². The number of rotatable bonds is 9. The molecule has 0 radical (unpaired) electrons. The van der Waals surface area contributed by atoms with E-state index in [2.05, 4.69) is 36.5 Å². The van der Waals surface area contributed by atoms with E-state index in [1.807, 2.05) is 22.5 Å². The molecule has 0 saturated carbocycles. The van der Waals surface area contributed by atoms with E-state index < -0.39 is 40.4 Å². The van der Waals surface area contributed by atoms with Gasteiger partial charge in [-0.05, 0) is 94.1 Å². The number of oxazole rings is 1. The molecule has 4 aliphatic rings. The second-order valence-electron chi connectivity index (χ2n) is 15.6. The highest BCUT2D eigenvalue weighted by Gasteiger charge is 2.34. The van der Waals surface area contributed by atoms with Crippen LogP contribution in [0.2, 0.25) is 0 Å². The topological polar surface area (TPSA) is 170 Å². The van der Waals surface area contributed by atoms with Gasteiger partial charge >= 0.3 is 11.9 Å². The number of likely N-dealkylation sites (tertiary alicyclic amines) is 1. The number of fused-ring (bicyclic) bond motifs is 1. The normalized spacial score (nSPS) is 21.6. The molecule has 4 aliphatic heterocycles. The molecule has 0 bridgehead atoms. The third kappa shape index (κ3) is 8.38. The fourth-order valence-electron chi connectivity index (χ4n) is 8.79. The standard InChI is InChI=1S/C40H44F3N9O5S/c41-40(42,43)28-22-45-38(46-23-28)47-29-12-18-51(19-13-29)58(56)30-5-4-27(21-44)34(20-30)50-16-8-25(9-17-50)24-49-14-10-26(11-15-49)31-2-1-3-32-36(31)57-39(55)52(32)33-6-7-35(53)48-37(33)54/h1-5,20,22-23,25-26,29,33H,6-19,24H2,(H,45,46,47)(H,48,53,54). The first-order valence-corrected chi connectivity index (χ1v) is 20.9. The second kappa shape index (κ2) is 16.6. The zero-order valence-corrected chi connectivity index (χ0v) is 32.6. The summed E-state index contributed by atoms with van der Waals surface area (Å²) < 4.78 is 61.3. The Labute approximate surface area is 335 Å². The number of nitriles is 1. The van der Waals surface area contributed by atoms with Gasteiger partial charge in [0.25, 0.3) is 0 Å². The molecular formula is C40H44F3N9O5S. The maximum atomic E-state index is 13.7. The maximum Gasteiger partial charge on any atom is 0.420 e. The number of nitrogens with zero attached hydrogens (tertiary/aromatic N) is 7. The number of aromatic nitrogens is 3. The van der Waals surface area contributed by atoms with Crippen LogP contribution in [0.5, 0.6) is 0 Å². The number of carbonyl (C=O) groups excluding carboxylic acids is 2. The van der Waals surface area contributed by atoms with Crippen LogP contribution in [-0.4, -0.2) is 91.6 Å². The summed E-state index contributed by atoms with van der Waals surface area (Å²) in [4.78, 5) is 50.2. The third-order valence-corrected chi connectivity index (χ3v) is 13.5. The number of piperidine rings is 4. The lowest BCUT2D eigenvalue weighted by atomic mass is 9.87. The molecule has 2 aromatic carbocycles. The highest BCUT2D eigenvalue weighted by atomic mass is 32.2. The lowest BCUT2D eigenvalue weighted by molar-refractivity contribution is -0.138. The molecule has 4 saturated heterocycles. The molecule has 2 N–H and O–H groups in total. The van der Waals surface area contributed by atoms with Crippen molar-refractivity contribution < 1.29 is 31.4 Å². The summed E-state index contributed by atoms with van der Waals surface area (Å²) in [5.74, 6) is -0.596. The Morgan fingerprint density at radius 2 is 1.66 bits per heavy atom. The fraction of sp³-hybridized carbons (Fsp3) is 0.500. The molecule has 0 aliphatic carbocycles. The van der Waals surface area contributed by atoms with E-state index in [-0.39, 0.29) is 36.7 Å². The number of anilines is 2. The summed E-state index contributed by atoms with van der Waals surface area (Å²) >= 11 is 0. The maximum absolute atomic E-state index is 13.7. The molecule has 18 heteroatoms. The average Bonchev–Trinajstić information content (AvgIpc) is 3.56. The molecule has 306 valence electrons. The van der Waals surface area contributed by atoms with Crippen LogP contribution in [0, 0.1) is 17.2 Å². The van der Waals surface area contributed by atoms with Crippen molar-refractivity contribution >= 4 is 45.5 Å². The molecular weight excluding hydrogens is 776 g/mol. The summed E-state index contributed by atoms with van der Waals surface area (Å²) in [5, 5.41) is 15.4. The monoisotopic (exact) mass is 819 g/mol. The van der Waals surface area contributed by atoms with Crippen LogP contribution in [0.1, 0.15) is 80.0 Å². The van der Waals surface area contributed by atoms with Gasteiger partial charge in [-0.2, -0.15) is 18.4 Å². The first kappa shape index (κ1) is 39.7. The Balaban J connectivity index is 0.827. The number of carbonyl (C=O) groups is 2. The molecule has 0 spiro atoms. The highest BCUT2D eigenvalue weighted by molar-refractivity contribution is 7.82. The van der Waals surface area contributed by atoms with Crippen LogP contribution >= 0.6 is 0 Å². The summed E-state index contributed by atoms with van der Waals surface area (Å²) in [6.07, 6.45) is 2.39. The second-order valence-corrected chi connectivity index (χ2v) is 17.1. The van der Waals surface area contributed by atoms with Crippen LogP contribution in [0.25, 0.3) is 11.1 Å². The van der Waals surface area contributed by atoms with Crippen molar-refractivity contribution in [1.29, 1.82) is 5.26 Å². The van der Waals surface area contributed by atoms with Crippen molar-refractivity contribution in [3.63, 3.8) is 0 Å². The molecule has 8 rings (SSSR count). The molecule has 58 heavy (non-hydrogen) atoms. The number of benzene rings is 2. The van der Waals surface area contributed by atoms with Gasteiger partial charge in [0.15, 0.2) is 5.58 Å². The zero-order chi connectivity index (χ0) is 40.6. The van der Waals surface area contributed by atoms with Crippen LogP contribution in [-0.2, 0) is 26.8 Å². The lowest BCUT2D eigenvalue weighted by Gasteiger charge is -2.38. The van der Waals surface area contributed by atoms with Gasteiger partial charge in [-0.25, -0.2) is 23.3 Å². The zero-order valence-electron chi connectivity index (χ0n) is 31.7. The highest BCUT2D eigenvalue weighted by Crippen LogP contribution is 2.36. The van der Waals surface area contributed by atoms with Crippen LogP contribution < -0.4 is 21.3 Å². The predicted molar refractivity (Wildman–Crippen MR) is 208 cm³/mol. The molecule has 6 heterocycles. The van der Waals surface area contributed by atoms with Crippen molar-refractivity contribution in [2.45, 2.75) is 80.4 Å². The number of nitrogens with one attached hydrogen (secondary N) is 2. The Hall–Kier alpha value is -5.12. The van der Waals surface area contributed by atoms with Crippen LogP contribution in [0.4, 0.5) is 24.8 Å². The first-order valence-electron chi connectivity index (χ1n) is 19.8. The van der Waals surface area contributed by atoms with Gasteiger partial charge in [0, 0.05) is 63.1 Å². The van der Waals surface area contributed by atoms with Crippen molar-refractivity contribution in [1.82, 2.24) is 29.1 Å². The summed E-state index contributed by atoms with van der Waals surface area (Å²) in [7, 11) is -1.45. The van der Waals surface area contributed by atoms with Crippen LogP contribution in [0.3, 0.4) is 0 Å². The van der Waals surface area contributed by atoms with Crippen LogP contribution in [0.15, 0.2) is 62.9 Å². The van der Waals surface area contributed by atoms with Gasteiger partial charge in [0.1, 0.15) is 23.1 Å². The Kier molecular flexibility index (Phi) is 11.4. The number of alkyl halides is 3. The van der Waals surface area contributed by atoms with Gasteiger partial charge < -0.3 is 19.5 Å².